The topological polar surface area (TPSA) is 86.3 Å². The summed E-state index contributed by atoms with van der Waals surface area (Å²) in [6.07, 6.45) is 2.36. The van der Waals surface area contributed by atoms with Gasteiger partial charge in [-0.25, -0.2) is 9.97 Å². The van der Waals surface area contributed by atoms with E-state index >= 15 is 0 Å². The maximum Gasteiger partial charge on any atom is 0.178 e. The molecule has 0 bridgehead atoms. The summed E-state index contributed by atoms with van der Waals surface area (Å²) in [6.45, 7) is 2.39. The predicted molar refractivity (Wildman–Crippen MR) is 113 cm³/mol. The lowest BCUT2D eigenvalue weighted by atomic mass is 10.2. The maximum atomic E-state index is 10.9. The quantitative estimate of drug-likeness (QED) is 0.431. The highest BCUT2D eigenvalue weighted by molar-refractivity contribution is 5.76. The number of H-pyrrole nitrogens is 1. The van der Waals surface area contributed by atoms with Gasteiger partial charge in [-0.1, -0.05) is 0 Å². The van der Waals surface area contributed by atoms with Crippen LogP contribution in [0.5, 0.6) is 17.2 Å². The van der Waals surface area contributed by atoms with Crippen LogP contribution in [-0.4, -0.2) is 41.1 Å². The molecule has 0 saturated heterocycles. The second-order valence-corrected chi connectivity index (χ2v) is 6.83. The normalized spacial score (nSPS) is 11.9. The minimum absolute atomic E-state index is 0.137. The minimum atomic E-state index is -0.137. The summed E-state index contributed by atoms with van der Waals surface area (Å²) in [5.41, 5.74) is 2.87. The summed E-state index contributed by atoms with van der Waals surface area (Å²) < 4.78 is 17.2. The zero-order valence-electron chi connectivity index (χ0n) is 16.7. The number of imidazole rings is 1. The van der Waals surface area contributed by atoms with Gasteiger partial charge in [-0.05, 0) is 55.5 Å². The number of carbonyl (C=O) groups excluding carboxylic acids is 1. The number of hydrogen-bond donors (Lipinski definition) is 1. The Morgan fingerprint density at radius 1 is 1.07 bits per heavy atom. The average Bonchev–Trinajstić information content (AvgIpc) is 3.19. The highest BCUT2D eigenvalue weighted by Gasteiger charge is 2.12. The number of hydrogen-bond acceptors (Lipinski definition) is 6. The van der Waals surface area contributed by atoms with E-state index in [-0.39, 0.29) is 6.10 Å². The number of methoxy groups -OCH3 is 1. The van der Waals surface area contributed by atoms with Gasteiger partial charge in [0.05, 0.1) is 12.1 Å². The maximum absolute atomic E-state index is 10.9. The van der Waals surface area contributed by atoms with Gasteiger partial charge in [-0.15, -0.1) is 0 Å². The molecule has 1 unspecified atom stereocenters. The van der Waals surface area contributed by atoms with Crippen molar-refractivity contribution in [2.24, 2.45) is 0 Å². The van der Waals surface area contributed by atoms with Crippen LogP contribution in [0.25, 0.3) is 22.6 Å². The molecular formula is C23H21N3O4. The molecule has 4 rings (SSSR count). The van der Waals surface area contributed by atoms with E-state index in [9.17, 15) is 4.79 Å². The number of carbonyl (C=O) groups is 1. The van der Waals surface area contributed by atoms with Gasteiger partial charge >= 0.3 is 0 Å². The van der Waals surface area contributed by atoms with Gasteiger partial charge in [0.1, 0.15) is 35.5 Å². The third-order valence-corrected chi connectivity index (χ3v) is 4.40. The molecule has 0 saturated carbocycles. The van der Waals surface area contributed by atoms with Crippen molar-refractivity contribution >= 4 is 17.5 Å². The van der Waals surface area contributed by atoms with Crippen LogP contribution in [0, 0.1) is 0 Å². The fourth-order valence-corrected chi connectivity index (χ4v) is 3.07. The van der Waals surface area contributed by atoms with Crippen molar-refractivity contribution in [2.45, 2.75) is 13.0 Å². The van der Waals surface area contributed by atoms with Gasteiger partial charge in [0, 0.05) is 30.5 Å². The van der Waals surface area contributed by atoms with E-state index in [0.717, 1.165) is 17.4 Å². The van der Waals surface area contributed by atoms with Crippen LogP contribution in [0.2, 0.25) is 0 Å². The van der Waals surface area contributed by atoms with Crippen molar-refractivity contribution in [3.05, 3.63) is 66.4 Å². The van der Waals surface area contributed by atoms with Gasteiger partial charge < -0.3 is 19.2 Å². The number of aldehydes is 1. The first-order valence-corrected chi connectivity index (χ1v) is 9.49. The molecule has 0 radical (unpaired) electrons. The molecule has 2 aromatic carbocycles. The molecule has 0 aliphatic rings. The lowest BCUT2D eigenvalue weighted by Gasteiger charge is -2.16. The van der Waals surface area contributed by atoms with Crippen LogP contribution in [-0.2, 0) is 4.74 Å². The zero-order valence-corrected chi connectivity index (χ0v) is 16.7. The Morgan fingerprint density at radius 3 is 2.60 bits per heavy atom. The number of rotatable bonds is 8. The molecule has 0 aliphatic carbocycles. The van der Waals surface area contributed by atoms with Crippen LogP contribution < -0.4 is 9.47 Å². The molecule has 30 heavy (non-hydrogen) atoms. The summed E-state index contributed by atoms with van der Waals surface area (Å²) in [7, 11) is 1.63. The van der Waals surface area contributed by atoms with E-state index in [1.165, 1.54) is 0 Å². The smallest absolute Gasteiger partial charge is 0.178 e. The van der Waals surface area contributed by atoms with Crippen LogP contribution in [0.4, 0.5) is 0 Å². The predicted octanol–water partition coefficient (Wildman–Crippen LogP) is 4.64. The molecule has 0 aliphatic heterocycles. The summed E-state index contributed by atoms with van der Waals surface area (Å²) >= 11 is 0. The van der Waals surface area contributed by atoms with Crippen molar-refractivity contribution < 1.29 is 19.0 Å². The SMILES string of the molecule is COCC(C)Oc1cc(Oc2ccc(C=O)cc2)cc(-c2nc3ncccc3[nH]2)c1. The first-order valence-electron chi connectivity index (χ1n) is 9.49. The van der Waals surface area contributed by atoms with Gasteiger partial charge in [0.15, 0.2) is 5.65 Å². The van der Waals surface area contributed by atoms with E-state index in [4.69, 9.17) is 14.2 Å². The largest absolute Gasteiger partial charge is 0.488 e. The van der Waals surface area contributed by atoms with Crippen molar-refractivity contribution in [2.75, 3.05) is 13.7 Å². The van der Waals surface area contributed by atoms with Crippen molar-refractivity contribution in [1.82, 2.24) is 15.0 Å². The molecule has 7 nitrogen and oxygen atoms in total. The molecule has 4 aromatic rings. The summed E-state index contributed by atoms with van der Waals surface area (Å²) in [5, 5.41) is 0. The minimum Gasteiger partial charge on any atom is -0.488 e. The van der Waals surface area contributed by atoms with Crippen molar-refractivity contribution in [3.63, 3.8) is 0 Å². The molecule has 0 amide bonds. The van der Waals surface area contributed by atoms with Gasteiger partial charge in [-0.2, -0.15) is 0 Å². The number of pyridine rings is 1. The Kier molecular flexibility index (Phi) is 5.72. The van der Waals surface area contributed by atoms with Crippen LogP contribution >= 0.6 is 0 Å². The second-order valence-electron chi connectivity index (χ2n) is 6.83. The Labute approximate surface area is 173 Å². The number of nitrogens with one attached hydrogen (secondary N) is 1. The average molecular weight is 403 g/mol. The molecular weight excluding hydrogens is 382 g/mol. The van der Waals surface area contributed by atoms with E-state index in [0.29, 0.717) is 40.9 Å². The molecule has 0 spiro atoms. The standard InChI is InChI=1S/C23H21N3O4/c1-15(14-28-2)29-19-10-17(22-25-21-4-3-9-24-23(21)26-22)11-20(12-19)30-18-7-5-16(13-27)6-8-18/h3-13,15H,14H2,1-2H3,(H,24,25,26). The van der Waals surface area contributed by atoms with Crippen LogP contribution in [0.3, 0.4) is 0 Å². The fourth-order valence-electron chi connectivity index (χ4n) is 3.07. The summed E-state index contributed by atoms with van der Waals surface area (Å²) in [4.78, 5) is 23.0. The highest BCUT2D eigenvalue weighted by atomic mass is 16.5. The summed E-state index contributed by atoms with van der Waals surface area (Å²) in [6, 6.07) is 16.3. The highest BCUT2D eigenvalue weighted by Crippen LogP contribution is 2.32. The molecule has 2 aromatic heterocycles. The van der Waals surface area contributed by atoms with Gasteiger partial charge in [0.25, 0.3) is 0 Å². The molecule has 152 valence electrons. The Morgan fingerprint density at radius 2 is 1.87 bits per heavy atom. The molecule has 7 heteroatoms. The number of nitrogens with zero attached hydrogens (tertiary/aromatic N) is 2. The number of fused-ring (bicyclic) bond motifs is 1. The number of benzene rings is 2. The lowest BCUT2D eigenvalue weighted by molar-refractivity contribution is 0.0920. The third-order valence-electron chi connectivity index (χ3n) is 4.40. The van der Waals surface area contributed by atoms with E-state index in [2.05, 4.69) is 15.0 Å². The van der Waals surface area contributed by atoms with Crippen molar-refractivity contribution in [3.8, 4) is 28.6 Å². The first kappa shape index (κ1) is 19.6. The molecule has 1 N–H and O–H groups in total. The fraction of sp³-hybridized carbons (Fsp3) is 0.174. The Bertz CT molecular complexity index is 1120. The zero-order chi connectivity index (χ0) is 20.9. The number of aromatic amines is 1. The van der Waals surface area contributed by atoms with Gasteiger partial charge in [-0.3, -0.25) is 4.79 Å². The number of aromatic nitrogens is 3. The molecule has 0 fully saturated rings. The van der Waals surface area contributed by atoms with Crippen molar-refractivity contribution in [1.29, 1.82) is 0 Å². The van der Waals surface area contributed by atoms with E-state index in [1.54, 1.807) is 37.6 Å². The monoisotopic (exact) mass is 403 g/mol. The van der Waals surface area contributed by atoms with E-state index < -0.39 is 0 Å². The van der Waals surface area contributed by atoms with Gasteiger partial charge in [0.2, 0.25) is 0 Å². The lowest BCUT2D eigenvalue weighted by Crippen LogP contribution is -2.17. The first-order chi connectivity index (χ1) is 14.6. The van der Waals surface area contributed by atoms with Crippen LogP contribution in [0.15, 0.2) is 60.8 Å². The Hall–Kier alpha value is -3.71. The van der Waals surface area contributed by atoms with Crippen LogP contribution in [0.1, 0.15) is 17.3 Å². The molecule has 2 heterocycles. The Balaban J connectivity index is 1.70. The summed E-state index contributed by atoms with van der Waals surface area (Å²) in [5.74, 6) is 2.49. The number of ether oxygens (including phenoxy) is 3. The second kappa shape index (κ2) is 8.75. The molecule has 1 atom stereocenters. The third kappa shape index (κ3) is 4.47. The van der Waals surface area contributed by atoms with E-state index in [1.807, 2.05) is 37.3 Å².